The zero-order valence-corrected chi connectivity index (χ0v) is 16.4. The fraction of sp³-hybridized carbons (Fsp3) is 0.368. The number of hydrogen-bond donors (Lipinski definition) is 3. The van der Waals surface area contributed by atoms with E-state index in [1.165, 1.54) is 5.38 Å². The van der Waals surface area contributed by atoms with Crippen molar-refractivity contribution in [1.29, 1.82) is 0 Å². The largest absolute Gasteiger partial charge is 0.475 e. The molecule has 0 saturated carbocycles. The summed E-state index contributed by atoms with van der Waals surface area (Å²) in [5.41, 5.74) is 1.96. The Bertz CT molecular complexity index is 1030. The highest BCUT2D eigenvalue weighted by Gasteiger charge is 2.35. The maximum atomic E-state index is 12.6. The molecule has 0 radical (unpaired) electrons. The molecule has 0 aliphatic carbocycles. The van der Waals surface area contributed by atoms with Crippen molar-refractivity contribution in [3.05, 3.63) is 51.2 Å². The topological polar surface area (TPSA) is 95.6 Å². The minimum absolute atomic E-state index is 0.0151. The zero-order chi connectivity index (χ0) is 21.3. The van der Waals surface area contributed by atoms with Crippen molar-refractivity contribution in [1.82, 2.24) is 10.3 Å². The van der Waals surface area contributed by atoms with Gasteiger partial charge in [0.2, 0.25) is 5.76 Å². The second-order valence-corrected chi connectivity index (χ2v) is 7.65. The molecular weight excluding hydrogens is 409 g/mol. The van der Waals surface area contributed by atoms with Gasteiger partial charge >= 0.3 is 12.1 Å². The lowest BCUT2D eigenvalue weighted by molar-refractivity contribution is -0.137. The molecular formula is C19H19F3N2O4S. The highest BCUT2D eigenvalue weighted by Crippen LogP contribution is 2.33. The van der Waals surface area contributed by atoms with Gasteiger partial charge in [-0.1, -0.05) is 6.07 Å². The Labute approximate surface area is 168 Å². The van der Waals surface area contributed by atoms with Crippen LogP contribution in [0.25, 0.3) is 11.0 Å². The molecule has 0 amide bonds. The number of alkyl halides is 3. The first-order valence-electron chi connectivity index (χ1n) is 8.75. The van der Waals surface area contributed by atoms with Crippen LogP contribution in [0.2, 0.25) is 0 Å². The third kappa shape index (κ3) is 4.77. The van der Waals surface area contributed by atoms with Crippen molar-refractivity contribution >= 4 is 28.3 Å². The number of aliphatic hydroxyl groups is 1. The Morgan fingerprint density at radius 1 is 1.38 bits per heavy atom. The summed E-state index contributed by atoms with van der Waals surface area (Å²) in [4.78, 5) is 14.6. The number of aromatic nitrogens is 1. The predicted molar refractivity (Wildman–Crippen MR) is 101 cm³/mol. The molecule has 2 heterocycles. The number of nitrogens with zero attached hydrogens (tertiary/aromatic N) is 1. The number of carbonyl (C=O) groups is 1. The van der Waals surface area contributed by atoms with Gasteiger partial charge in [-0.2, -0.15) is 13.2 Å². The third-order valence-electron chi connectivity index (χ3n) is 4.50. The number of aryl methyl sites for hydroxylation is 1. The van der Waals surface area contributed by atoms with Crippen LogP contribution in [0.5, 0.6) is 0 Å². The van der Waals surface area contributed by atoms with E-state index in [0.717, 1.165) is 5.56 Å². The number of furan rings is 1. The van der Waals surface area contributed by atoms with Gasteiger partial charge in [0.05, 0.1) is 5.69 Å². The molecule has 0 fully saturated rings. The number of thiazole rings is 1. The number of aliphatic hydroxyl groups excluding tert-OH is 1. The van der Waals surface area contributed by atoms with E-state index < -0.39 is 23.3 Å². The van der Waals surface area contributed by atoms with Crippen LogP contribution >= 0.6 is 11.3 Å². The Hall–Kier alpha value is -2.43. The van der Waals surface area contributed by atoms with Crippen molar-refractivity contribution in [2.24, 2.45) is 0 Å². The summed E-state index contributed by atoms with van der Waals surface area (Å²) in [7, 11) is 0. The van der Waals surface area contributed by atoms with Crippen molar-refractivity contribution in [3.63, 3.8) is 0 Å². The predicted octanol–water partition coefficient (Wildman–Crippen LogP) is 4.17. The highest BCUT2D eigenvalue weighted by atomic mass is 32.1. The molecule has 0 aliphatic heterocycles. The lowest BCUT2D eigenvalue weighted by Gasteiger charge is -2.16. The minimum Gasteiger partial charge on any atom is -0.475 e. The van der Waals surface area contributed by atoms with Gasteiger partial charge in [-0.25, -0.2) is 9.78 Å². The molecule has 3 rings (SSSR count). The van der Waals surface area contributed by atoms with E-state index in [4.69, 9.17) is 9.52 Å². The van der Waals surface area contributed by atoms with Crippen LogP contribution in [-0.2, 0) is 12.6 Å². The maximum absolute atomic E-state index is 12.6. The lowest BCUT2D eigenvalue weighted by atomic mass is 10.0. The van der Waals surface area contributed by atoms with Crippen LogP contribution in [0, 0.1) is 6.92 Å². The number of aromatic carboxylic acids is 1. The first-order chi connectivity index (χ1) is 13.6. The number of nitrogens with one attached hydrogen (secondary N) is 1. The SMILES string of the molecule is Cc1c(C(=O)O)oc2ccc(C[C@@H](C)NC[C@@H](O)c3csc(C(F)(F)F)n3)cc12. The summed E-state index contributed by atoms with van der Waals surface area (Å²) < 4.78 is 43.2. The van der Waals surface area contributed by atoms with Gasteiger partial charge in [0.15, 0.2) is 5.01 Å². The third-order valence-corrected chi connectivity index (χ3v) is 5.41. The molecule has 3 N–H and O–H groups in total. The van der Waals surface area contributed by atoms with Crippen molar-refractivity contribution in [2.45, 2.75) is 38.6 Å². The molecule has 2 aromatic heterocycles. The fourth-order valence-corrected chi connectivity index (χ4v) is 3.75. The van der Waals surface area contributed by atoms with Gasteiger partial charge in [-0.15, -0.1) is 11.3 Å². The van der Waals surface area contributed by atoms with E-state index in [0.29, 0.717) is 34.3 Å². The smallest absolute Gasteiger partial charge is 0.443 e. The van der Waals surface area contributed by atoms with Gasteiger partial charge in [0, 0.05) is 28.9 Å². The second kappa shape index (κ2) is 8.13. The van der Waals surface area contributed by atoms with Crippen LogP contribution in [0.15, 0.2) is 28.0 Å². The fourth-order valence-electron chi connectivity index (χ4n) is 3.01. The van der Waals surface area contributed by atoms with Gasteiger partial charge in [0.1, 0.15) is 11.7 Å². The normalized spacial score (nSPS) is 14.3. The van der Waals surface area contributed by atoms with Crippen molar-refractivity contribution < 1.29 is 32.6 Å². The molecule has 3 aromatic rings. The summed E-state index contributed by atoms with van der Waals surface area (Å²) in [6, 6.07) is 5.29. The molecule has 156 valence electrons. The number of fused-ring (bicyclic) bond motifs is 1. The monoisotopic (exact) mass is 428 g/mol. The summed E-state index contributed by atoms with van der Waals surface area (Å²) in [5.74, 6) is -1.21. The Kier molecular flexibility index (Phi) is 5.97. The van der Waals surface area contributed by atoms with Crippen LogP contribution in [-0.4, -0.2) is 33.8 Å². The van der Waals surface area contributed by atoms with E-state index in [2.05, 4.69) is 10.3 Å². The first-order valence-corrected chi connectivity index (χ1v) is 9.63. The van der Waals surface area contributed by atoms with Crippen LogP contribution < -0.4 is 5.32 Å². The first kappa shape index (κ1) is 21.3. The molecule has 29 heavy (non-hydrogen) atoms. The Morgan fingerprint density at radius 3 is 2.72 bits per heavy atom. The number of rotatable bonds is 7. The van der Waals surface area contributed by atoms with Crippen molar-refractivity contribution in [2.75, 3.05) is 6.54 Å². The quantitative estimate of drug-likeness (QED) is 0.523. The van der Waals surface area contributed by atoms with Crippen LogP contribution in [0.4, 0.5) is 13.2 Å². The van der Waals surface area contributed by atoms with E-state index >= 15 is 0 Å². The standard InChI is InChI=1S/C19H19F3N2O4S/c1-9(23-7-14(25)13-8-29-18(24-13)19(20,21)22)5-11-3-4-15-12(6-11)10(2)16(28-15)17(26)27/h3-4,6,8-9,14,23,25H,5,7H2,1-2H3,(H,26,27)/t9-,14-/m1/s1. The maximum Gasteiger partial charge on any atom is 0.443 e. The van der Waals surface area contributed by atoms with Crippen LogP contribution in [0.3, 0.4) is 0 Å². The number of benzene rings is 1. The number of halogens is 3. The number of hydrogen-bond acceptors (Lipinski definition) is 6. The molecule has 0 aliphatic rings. The summed E-state index contributed by atoms with van der Waals surface area (Å²) >= 11 is 0.454. The molecule has 0 spiro atoms. The second-order valence-electron chi connectivity index (χ2n) is 6.80. The number of carboxylic acids is 1. The molecule has 0 unspecified atom stereocenters. The van der Waals surface area contributed by atoms with Gasteiger partial charge in [0.25, 0.3) is 0 Å². The highest BCUT2D eigenvalue weighted by molar-refractivity contribution is 7.09. The van der Waals surface area contributed by atoms with E-state index in [-0.39, 0.29) is 24.0 Å². The Morgan fingerprint density at radius 2 is 2.10 bits per heavy atom. The minimum atomic E-state index is -4.52. The number of carboxylic acid groups (broad SMARTS) is 1. The van der Waals surface area contributed by atoms with E-state index in [1.54, 1.807) is 13.0 Å². The average Bonchev–Trinajstić information content (AvgIpc) is 3.25. The van der Waals surface area contributed by atoms with Gasteiger partial charge in [-0.3, -0.25) is 0 Å². The van der Waals surface area contributed by atoms with Crippen molar-refractivity contribution in [3.8, 4) is 0 Å². The average molecular weight is 428 g/mol. The van der Waals surface area contributed by atoms with E-state index in [9.17, 15) is 23.1 Å². The Balaban J connectivity index is 1.61. The van der Waals surface area contributed by atoms with Gasteiger partial charge in [-0.05, 0) is 38.0 Å². The lowest BCUT2D eigenvalue weighted by Crippen LogP contribution is -2.32. The summed E-state index contributed by atoms with van der Waals surface area (Å²) in [6.07, 6.45) is -5.10. The molecule has 0 bridgehead atoms. The molecule has 10 heteroatoms. The molecule has 6 nitrogen and oxygen atoms in total. The van der Waals surface area contributed by atoms with Crippen LogP contribution in [0.1, 0.15) is 45.4 Å². The van der Waals surface area contributed by atoms with E-state index in [1.807, 2.05) is 19.1 Å². The molecule has 2 atom stereocenters. The summed E-state index contributed by atoms with van der Waals surface area (Å²) in [6.45, 7) is 3.61. The summed E-state index contributed by atoms with van der Waals surface area (Å²) in [5, 5.41) is 23.3. The van der Waals surface area contributed by atoms with Gasteiger partial charge < -0.3 is 19.9 Å². The molecule has 1 aromatic carbocycles. The zero-order valence-electron chi connectivity index (χ0n) is 15.6. The molecule has 0 saturated heterocycles.